The molecule has 3 aromatic carbocycles. The van der Waals surface area contributed by atoms with Gasteiger partial charge in [-0.1, -0.05) is 48.5 Å². The number of rotatable bonds is 4. The Morgan fingerprint density at radius 3 is 1.45 bits per heavy atom. The van der Waals surface area contributed by atoms with Crippen molar-refractivity contribution in [3.05, 3.63) is 117 Å². The fourth-order valence-electron chi connectivity index (χ4n) is 5.82. The van der Waals surface area contributed by atoms with Crippen molar-refractivity contribution in [3.8, 4) is 6.07 Å². The fraction of sp³-hybridized carbons (Fsp3) is 0.312. The smallest absolute Gasteiger partial charge is 0.268 e. The normalized spacial score (nSPS) is 16.5. The summed E-state index contributed by atoms with van der Waals surface area (Å²) < 4.78 is 26.8. The molecule has 6 heteroatoms. The van der Waals surface area contributed by atoms with Crippen LogP contribution >= 0.6 is 0 Å². The summed E-state index contributed by atoms with van der Waals surface area (Å²) in [7, 11) is 0. The van der Waals surface area contributed by atoms with Crippen LogP contribution in [-0.4, -0.2) is 36.0 Å². The van der Waals surface area contributed by atoms with Gasteiger partial charge in [-0.15, -0.1) is 0 Å². The Bertz CT molecular complexity index is 1360. The van der Waals surface area contributed by atoms with Crippen LogP contribution < -0.4 is 10.4 Å². The highest BCUT2D eigenvalue weighted by atomic mass is 19.1. The van der Waals surface area contributed by atoms with Gasteiger partial charge in [-0.25, -0.2) is 18.9 Å². The first-order chi connectivity index (χ1) is 18.6. The van der Waals surface area contributed by atoms with Crippen LogP contribution in [0.2, 0.25) is 0 Å². The lowest BCUT2D eigenvalue weighted by Gasteiger charge is -2.43. The van der Waals surface area contributed by atoms with Crippen molar-refractivity contribution >= 4 is 11.5 Å². The summed E-state index contributed by atoms with van der Waals surface area (Å²) in [6.07, 6.45) is 3.96. The van der Waals surface area contributed by atoms with Crippen LogP contribution in [0.1, 0.15) is 48.6 Å². The standard InChI is InChI=1S/C32H30F2N4/c1-36-31(22-35)27-2-4-28(5-3-27)32(37-18-14-25(15-19-37)23-6-10-29(33)11-7-23)38-20-16-26(17-21-38)24-8-12-30(34)13-9-24/h2-13,25-26H,14-21H2. The molecule has 0 N–H and O–H groups in total. The van der Waals surface area contributed by atoms with E-state index in [1.54, 1.807) is 24.3 Å². The molecule has 0 radical (unpaired) electrons. The summed E-state index contributed by atoms with van der Waals surface area (Å²) in [6, 6.07) is 23.5. The predicted molar refractivity (Wildman–Crippen MR) is 145 cm³/mol. The van der Waals surface area contributed by atoms with Gasteiger partial charge in [0.1, 0.15) is 17.5 Å². The maximum Gasteiger partial charge on any atom is 0.268 e. The Balaban J connectivity index is 1.41. The van der Waals surface area contributed by atoms with Crippen LogP contribution in [0.5, 0.6) is 0 Å². The van der Waals surface area contributed by atoms with E-state index in [9.17, 15) is 14.0 Å². The molecule has 0 aromatic heterocycles. The molecule has 38 heavy (non-hydrogen) atoms. The molecule has 0 amide bonds. The summed E-state index contributed by atoms with van der Waals surface area (Å²) in [4.78, 5) is 8.26. The van der Waals surface area contributed by atoms with Crippen LogP contribution in [0.3, 0.4) is 0 Å². The van der Waals surface area contributed by atoms with E-state index < -0.39 is 0 Å². The van der Waals surface area contributed by atoms with Crippen LogP contribution in [0, 0.1) is 29.5 Å². The Morgan fingerprint density at radius 2 is 1.08 bits per heavy atom. The average molecular weight is 509 g/mol. The number of likely N-dealkylation sites (tertiary alicyclic amines) is 2. The number of halogens is 2. The molecular weight excluding hydrogens is 478 g/mol. The van der Waals surface area contributed by atoms with Gasteiger partial charge in [-0.3, -0.25) is 0 Å². The summed E-state index contributed by atoms with van der Waals surface area (Å²) >= 11 is 0. The van der Waals surface area contributed by atoms with E-state index >= 15 is 0 Å². The maximum absolute atomic E-state index is 13.4. The van der Waals surface area contributed by atoms with Gasteiger partial charge in [-0.05, 0) is 78.1 Å². The van der Waals surface area contributed by atoms with Crippen molar-refractivity contribution in [2.75, 3.05) is 26.2 Å². The van der Waals surface area contributed by atoms with Gasteiger partial charge in [0.2, 0.25) is 0 Å². The van der Waals surface area contributed by atoms with E-state index in [4.69, 9.17) is 6.57 Å². The molecule has 2 fully saturated rings. The average Bonchev–Trinajstić information content (AvgIpc) is 2.96. The molecule has 4 nitrogen and oxygen atoms in total. The SMILES string of the molecule is [C-]#[N+]C(C#N)=c1ccc(=C(N2CCC(c3ccc(F)cc3)CC2)N2CCC(c3ccc(F)cc3)CC2)cc1. The molecule has 0 saturated carbocycles. The van der Waals surface area contributed by atoms with Gasteiger partial charge in [-0.2, -0.15) is 0 Å². The minimum Gasteiger partial charge on any atom is -0.358 e. The van der Waals surface area contributed by atoms with Crippen molar-refractivity contribution in [2.45, 2.75) is 37.5 Å². The summed E-state index contributed by atoms with van der Waals surface area (Å²) in [5.41, 5.74) is 2.48. The molecule has 2 aliphatic heterocycles. The third-order valence-electron chi connectivity index (χ3n) is 7.91. The topological polar surface area (TPSA) is 34.6 Å². The molecule has 0 aliphatic carbocycles. The van der Waals surface area contributed by atoms with Gasteiger partial charge in [0.15, 0.2) is 0 Å². The molecule has 0 spiro atoms. The predicted octanol–water partition coefficient (Wildman–Crippen LogP) is 5.34. The number of hydrogen-bond donors (Lipinski definition) is 0. The summed E-state index contributed by atoms with van der Waals surface area (Å²) in [5.74, 6) is 1.60. The van der Waals surface area contributed by atoms with E-state index in [0.29, 0.717) is 17.1 Å². The quantitative estimate of drug-likeness (QED) is 0.446. The number of nitrogens with zero attached hydrogens (tertiary/aromatic N) is 4. The summed E-state index contributed by atoms with van der Waals surface area (Å²) in [6.45, 7) is 10.9. The Kier molecular flexibility index (Phi) is 7.70. The molecular formula is C32H30F2N4. The highest BCUT2D eigenvalue weighted by Gasteiger charge is 2.28. The zero-order valence-corrected chi connectivity index (χ0v) is 21.3. The Hall–Kier alpha value is -4.16. The van der Waals surface area contributed by atoms with Crippen molar-refractivity contribution in [2.24, 2.45) is 0 Å². The molecule has 5 rings (SSSR count). The minimum atomic E-state index is -0.204. The van der Waals surface area contributed by atoms with E-state index in [1.165, 1.54) is 16.9 Å². The number of hydrogen-bond acceptors (Lipinski definition) is 3. The van der Waals surface area contributed by atoms with Crippen molar-refractivity contribution in [1.82, 2.24) is 9.80 Å². The number of nitriles is 1. The van der Waals surface area contributed by atoms with E-state index in [2.05, 4.69) is 14.6 Å². The van der Waals surface area contributed by atoms with Crippen LogP contribution in [-0.2, 0) is 0 Å². The lowest BCUT2D eigenvalue weighted by Crippen LogP contribution is -2.45. The molecule has 0 atom stereocenters. The first-order valence-corrected chi connectivity index (χ1v) is 13.2. The Morgan fingerprint density at radius 1 is 0.684 bits per heavy atom. The van der Waals surface area contributed by atoms with Gasteiger partial charge in [0.05, 0.1) is 12.6 Å². The maximum atomic E-state index is 13.4. The van der Waals surface area contributed by atoms with Gasteiger partial charge >= 0.3 is 0 Å². The molecule has 2 aliphatic rings. The van der Waals surface area contributed by atoms with Crippen LogP contribution in [0.15, 0.2) is 72.8 Å². The highest BCUT2D eigenvalue weighted by molar-refractivity contribution is 5.65. The third-order valence-corrected chi connectivity index (χ3v) is 7.91. The largest absolute Gasteiger partial charge is 0.358 e. The zero-order valence-electron chi connectivity index (χ0n) is 21.3. The van der Waals surface area contributed by atoms with Gasteiger partial charge < -0.3 is 9.80 Å². The van der Waals surface area contributed by atoms with Crippen LogP contribution in [0.25, 0.3) is 16.4 Å². The lowest BCUT2D eigenvalue weighted by atomic mass is 9.88. The second-order valence-corrected chi connectivity index (χ2v) is 10.1. The van der Waals surface area contributed by atoms with Crippen molar-refractivity contribution < 1.29 is 8.78 Å². The fourth-order valence-corrected chi connectivity index (χ4v) is 5.82. The second-order valence-electron chi connectivity index (χ2n) is 10.1. The Labute approximate surface area is 222 Å². The zero-order chi connectivity index (χ0) is 26.5. The van der Waals surface area contributed by atoms with Crippen LogP contribution in [0.4, 0.5) is 8.78 Å². The first-order valence-electron chi connectivity index (χ1n) is 13.2. The molecule has 0 bridgehead atoms. The minimum absolute atomic E-state index is 0.0957. The van der Waals surface area contributed by atoms with Crippen molar-refractivity contribution in [1.29, 1.82) is 5.26 Å². The molecule has 192 valence electrons. The van der Waals surface area contributed by atoms with Gasteiger partial charge in [0, 0.05) is 31.4 Å². The van der Waals surface area contributed by atoms with E-state index in [-0.39, 0.29) is 17.3 Å². The first kappa shape index (κ1) is 25.5. The molecule has 3 aromatic rings. The summed E-state index contributed by atoms with van der Waals surface area (Å²) in [5, 5.41) is 11.0. The second kappa shape index (κ2) is 11.5. The van der Waals surface area contributed by atoms with E-state index in [0.717, 1.165) is 57.1 Å². The third kappa shape index (κ3) is 5.55. The monoisotopic (exact) mass is 508 g/mol. The molecule has 0 unspecified atom stereocenters. The number of benzene rings is 3. The molecule has 2 saturated heterocycles. The van der Waals surface area contributed by atoms with Crippen molar-refractivity contribution in [3.63, 3.8) is 0 Å². The number of piperidine rings is 2. The van der Waals surface area contributed by atoms with Gasteiger partial charge in [0.25, 0.3) is 5.70 Å². The molecule has 2 heterocycles. The van der Waals surface area contributed by atoms with E-state index in [1.807, 2.05) is 54.6 Å². The lowest BCUT2D eigenvalue weighted by molar-refractivity contribution is 0.206. The highest BCUT2D eigenvalue weighted by Crippen LogP contribution is 2.34.